The van der Waals surface area contributed by atoms with Gasteiger partial charge in [-0.25, -0.2) is 4.79 Å². The third-order valence-electron chi connectivity index (χ3n) is 2.58. The summed E-state index contributed by atoms with van der Waals surface area (Å²) in [7, 11) is 1.54. The van der Waals surface area contributed by atoms with Gasteiger partial charge in [0.05, 0.1) is 7.11 Å². The van der Waals surface area contributed by atoms with Crippen molar-refractivity contribution in [2.45, 2.75) is 6.61 Å². The summed E-state index contributed by atoms with van der Waals surface area (Å²) < 4.78 is 15.3. The van der Waals surface area contributed by atoms with E-state index in [2.05, 4.69) is 0 Å². The zero-order valence-electron chi connectivity index (χ0n) is 10.7. The molecule has 0 saturated heterocycles. The zero-order valence-corrected chi connectivity index (χ0v) is 10.7. The second-order valence-corrected chi connectivity index (χ2v) is 3.88. The summed E-state index contributed by atoms with van der Waals surface area (Å²) in [5, 5.41) is 8.69. The van der Waals surface area contributed by atoms with Gasteiger partial charge >= 0.3 is 5.97 Å². The summed E-state index contributed by atoms with van der Waals surface area (Å²) >= 11 is 0. The van der Waals surface area contributed by atoms with E-state index in [-0.39, 0.29) is 12.4 Å². The van der Waals surface area contributed by atoms with Crippen LogP contribution in [-0.2, 0) is 6.61 Å². The van der Waals surface area contributed by atoms with Gasteiger partial charge in [0, 0.05) is 11.6 Å². The standard InChI is InChI=1S/C14H12O6/c1-18-11-5-3-2-4-9(11)7-19-13-8-20-12(14(16)17)6-10(13)15/h2-6,8H,7H2,1H3,(H,16,17). The van der Waals surface area contributed by atoms with Crippen molar-refractivity contribution in [3.05, 3.63) is 58.1 Å². The highest BCUT2D eigenvalue weighted by Gasteiger charge is 2.11. The Kier molecular flexibility index (Phi) is 4.05. The Bertz CT molecular complexity index is 673. The highest BCUT2D eigenvalue weighted by atomic mass is 16.5. The van der Waals surface area contributed by atoms with Gasteiger partial charge in [-0.15, -0.1) is 0 Å². The van der Waals surface area contributed by atoms with Gasteiger partial charge in [-0.05, 0) is 6.07 Å². The van der Waals surface area contributed by atoms with Crippen molar-refractivity contribution in [3.63, 3.8) is 0 Å². The molecule has 0 aliphatic carbocycles. The van der Waals surface area contributed by atoms with Gasteiger partial charge in [0.1, 0.15) is 18.6 Å². The number of carbonyl (C=O) groups is 1. The van der Waals surface area contributed by atoms with Crippen molar-refractivity contribution in [1.29, 1.82) is 0 Å². The van der Waals surface area contributed by atoms with E-state index in [0.717, 1.165) is 17.9 Å². The van der Waals surface area contributed by atoms with E-state index in [1.54, 1.807) is 12.1 Å². The molecule has 104 valence electrons. The van der Waals surface area contributed by atoms with E-state index >= 15 is 0 Å². The molecule has 0 radical (unpaired) electrons. The minimum Gasteiger partial charge on any atom is -0.496 e. The fourth-order valence-electron chi connectivity index (χ4n) is 1.59. The van der Waals surface area contributed by atoms with Gasteiger partial charge in [-0.3, -0.25) is 4.79 Å². The molecule has 6 nitrogen and oxygen atoms in total. The monoisotopic (exact) mass is 276 g/mol. The third kappa shape index (κ3) is 2.97. The second kappa shape index (κ2) is 5.92. The maximum Gasteiger partial charge on any atom is 0.371 e. The number of carboxylic acid groups (broad SMARTS) is 1. The van der Waals surface area contributed by atoms with Crippen LogP contribution in [0.3, 0.4) is 0 Å². The molecule has 2 rings (SSSR count). The minimum absolute atomic E-state index is 0.0547. The van der Waals surface area contributed by atoms with E-state index in [4.69, 9.17) is 19.0 Å². The normalized spacial score (nSPS) is 10.1. The molecule has 0 aliphatic heterocycles. The lowest BCUT2D eigenvalue weighted by molar-refractivity contribution is 0.0658. The average Bonchev–Trinajstić information content (AvgIpc) is 2.46. The van der Waals surface area contributed by atoms with E-state index in [9.17, 15) is 9.59 Å². The molecule has 6 heteroatoms. The number of aromatic carboxylic acids is 1. The number of hydrogen-bond donors (Lipinski definition) is 1. The number of carboxylic acids is 1. The van der Waals surface area contributed by atoms with Crippen molar-refractivity contribution in [2.75, 3.05) is 7.11 Å². The van der Waals surface area contributed by atoms with Crippen LogP contribution in [0.25, 0.3) is 0 Å². The van der Waals surface area contributed by atoms with Crippen LogP contribution in [0.15, 0.2) is 45.8 Å². The maximum atomic E-state index is 11.6. The number of rotatable bonds is 5. The van der Waals surface area contributed by atoms with Gasteiger partial charge in [0.15, 0.2) is 0 Å². The van der Waals surface area contributed by atoms with Crippen LogP contribution in [0.1, 0.15) is 16.1 Å². The molecule has 1 aromatic carbocycles. The SMILES string of the molecule is COc1ccccc1COc1coc(C(=O)O)cc1=O. The molecule has 1 N–H and O–H groups in total. The minimum atomic E-state index is -1.31. The molecule has 0 fully saturated rings. The molecule has 2 aromatic rings. The fraction of sp³-hybridized carbons (Fsp3) is 0.143. The Hall–Kier alpha value is -2.76. The van der Waals surface area contributed by atoms with Gasteiger partial charge in [-0.2, -0.15) is 0 Å². The van der Waals surface area contributed by atoms with Crippen LogP contribution in [0.4, 0.5) is 0 Å². The molecule has 0 atom stereocenters. The molecule has 0 saturated carbocycles. The number of hydrogen-bond acceptors (Lipinski definition) is 5. The Morgan fingerprint density at radius 1 is 1.30 bits per heavy atom. The van der Waals surface area contributed by atoms with Gasteiger partial charge in [-0.1, -0.05) is 18.2 Å². The first-order valence-electron chi connectivity index (χ1n) is 5.72. The smallest absolute Gasteiger partial charge is 0.371 e. The van der Waals surface area contributed by atoms with Gasteiger partial charge in [0.2, 0.25) is 16.9 Å². The summed E-state index contributed by atoms with van der Waals surface area (Å²) in [6, 6.07) is 8.08. The van der Waals surface area contributed by atoms with Crippen LogP contribution < -0.4 is 14.9 Å². The summed E-state index contributed by atoms with van der Waals surface area (Å²) in [4.78, 5) is 22.3. The average molecular weight is 276 g/mol. The number of para-hydroxylation sites is 1. The highest BCUT2D eigenvalue weighted by molar-refractivity contribution is 5.84. The largest absolute Gasteiger partial charge is 0.496 e. The zero-order chi connectivity index (χ0) is 14.5. The number of ether oxygens (including phenoxy) is 2. The van der Waals surface area contributed by atoms with Crippen LogP contribution >= 0.6 is 0 Å². The summed E-state index contributed by atoms with van der Waals surface area (Å²) in [5.41, 5.74) is 0.209. The van der Waals surface area contributed by atoms with Gasteiger partial charge < -0.3 is 19.0 Å². The van der Waals surface area contributed by atoms with E-state index in [1.165, 1.54) is 7.11 Å². The Morgan fingerprint density at radius 2 is 2.05 bits per heavy atom. The lowest BCUT2D eigenvalue weighted by Crippen LogP contribution is -2.10. The first-order chi connectivity index (χ1) is 9.61. The summed E-state index contributed by atoms with van der Waals surface area (Å²) in [6.07, 6.45) is 0.987. The lowest BCUT2D eigenvalue weighted by Gasteiger charge is -2.09. The van der Waals surface area contributed by atoms with Crippen molar-refractivity contribution in [1.82, 2.24) is 0 Å². The quantitative estimate of drug-likeness (QED) is 0.898. The van der Waals surface area contributed by atoms with Crippen LogP contribution in [0.2, 0.25) is 0 Å². The van der Waals surface area contributed by atoms with Crippen molar-refractivity contribution in [2.24, 2.45) is 0 Å². The predicted molar refractivity (Wildman–Crippen MR) is 69.3 cm³/mol. The Labute approximate surface area is 114 Å². The summed E-state index contributed by atoms with van der Waals surface area (Å²) in [6.45, 7) is 0.112. The molecule has 0 unspecified atom stereocenters. The first-order valence-corrected chi connectivity index (χ1v) is 5.72. The van der Waals surface area contributed by atoms with Crippen molar-refractivity contribution < 1.29 is 23.8 Å². The molecule has 1 aromatic heterocycles. The van der Waals surface area contributed by atoms with Crippen molar-refractivity contribution >= 4 is 5.97 Å². The molecule has 20 heavy (non-hydrogen) atoms. The molecule has 0 aliphatic rings. The molecule has 0 amide bonds. The topological polar surface area (TPSA) is 86.0 Å². The van der Waals surface area contributed by atoms with Crippen LogP contribution in [0, 0.1) is 0 Å². The second-order valence-electron chi connectivity index (χ2n) is 3.88. The maximum absolute atomic E-state index is 11.6. The van der Waals surface area contributed by atoms with E-state index < -0.39 is 17.2 Å². The molecular weight excluding hydrogens is 264 g/mol. The number of methoxy groups -OCH3 is 1. The lowest BCUT2D eigenvalue weighted by atomic mass is 10.2. The fourth-order valence-corrected chi connectivity index (χ4v) is 1.59. The number of benzene rings is 1. The third-order valence-corrected chi connectivity index (χ3v) is 2.58. The molecule has 0 spiro atoms. The molecule has 1 heterocycles. The first kappa shape index (κ1) is 13.7. The predicted octanol–water partition coefficient (Wildman–Crippen LogP) is 1.93. The van der Waals surface area contributed by atoms with Crippen LogP contribution in [0.5, 0.6) is 11.5 Å². The van der Waals surface area contributed by atoms with Crippen LogP contribution in [-0.4, -0.2) is 18.2 Å². The van der Waals surface area contributed by atoms with E-state index in [1.807, 2.05) is 12.1 Å². The molecular formula is C14H12O6. The summed E-state index contributed by atoms with van der Waals surface area (Å²) in [5.74, 6) is -1.15. The van der Waals surface area contributed by atoms with Crippen molar-refractivity contribution in [3.8, 4) is 11.5 Å². The van der Waals surface area contributed by atoms with Gasteiger partial charge in [0.25, 0.3) is 0 Å². The van der Waals surface area contributed by atoms with E-state index in [0.29, 0.717) is 5.75 Å². The Morgan fingerprint density at radius 3 is 2.70 bits per heavy atom. The molecule has 0 bridgehead atoms. The highest BCUT2D eigenvalue weighted by Crippen LogP contribution is 2.19. The Balaban J connectivity index is 2.15.